The van der Waals surface area contributed by atoms with E-state index < -0.39 is 65.1 Å². The number of carboxylic acids is 1. The van der Waals surface area contributed by atoms with E-state index in [-0.39, 0.29) is 28.0 Å². The Balaban J connectivity index is 1.69. The first-order chi connectivity index (χ1) is 16.0. The lowest BCUT2D eigenvalue weighted by molar-refractivity contribution is -0.271. The summed E-state index contributed by atoms with van der Waals surface area (Å²) in [5, 5.41) is 78.8. The van der Waals surface area contributed by atoms with Gasteiger partial charge in [-0.05, 0) is 6.07 Å². The minimum absolute atomic E-state index is 0.198. The van der Waals surface area contributed by atoms with Gasteiger partial charge in [-0.25, -0.2) is 4.79 Å². The molecule has 0 unspecified atom stereocenters. The molecule has 4 rings (SSSR count). The molecular weight excluding hydrogens is 460 g/mol. The minimum atomic E-state index is -1.95. The van der Waals surface area contributed by atoms with Gasteiger partial charge >= 0.3 is 5.97 Å². The van der Waals surface area contributed by atoms with Crippen molar-refractivity contribution in [3.63, 3.8) is 0 Å². The van der Waals surface area contributed by atoms with Crippen LogP contribution < -0.4 is 10.2 Å². The van der Waals surface area contributed by atoms with Crippen LogP contribution in [0.15, 0.2) is 39.5 Å². The standard InChI is InChI=1S/C21H18O13/c22-6-1-10(25)15-11(26)5-12(32-14(15)2-6)7-3-9(24)13(4-8(7)23)33-21-18(29)16(27)17(28)19(34-21)20(30)31/h1-5,16-19,21-25,27-29H,(H,30,31)/t16-,17-,18+,19-,21+/m0/s1. The molecule has 8 N–H and O–H groups in total. The lowest BCUT2D eigenvalue weighted by atomic mass is 9.99. The summed E-state index contributed by atoms with van der Waals surface area (Å²) in [6, 6.07) is 4.71. The van der Waals surface area contributed by atoms with Crippen LogP contribution in [0.25, 0.3) is 22.3 Å². The van der Waals surface area contributed by atoms with Crippen LogP contribution in [-0.2, 0) is 9.53 Å². The highest BCUT2D eigenvalue weighted by molar-refractivity contribution is 5.86. The summed E-state index contributed by atoms with van der Waals surface area (Å²) in [5.74, 6) is -4.57. The maximum Gasteiger partial charge on any atom is 0.335 e. The minimum Gasteiger partial charge on any atom is -0.508 e. The quantitative estimate of drug-likeness (QED) is 0.223. The number of ether oxygens (including phenoxy) is 2. The number of aliphatic carboxylic acids is 1. The van der Waals surface area contributed by atoms with E-state index in [4.69, 9.17) is 19.0 Å². The maximum absolute atomic E-state index is 12.4. The fourth-order valence-electron chi connectivity index (χ4n) is 3.51. The molecule has 0 bridgehead atoms. The van der Waals surface area contributed by atoms with E-state index in [1.54, 1.807) is 0 Å². The summed E-state index contributed by atoms with van der Waals surface area (Å²) in [6.07, 6.45) is -9.61. The molecular formula is C21H18O13. The Bertz CT molecular complexity index is 1330. The average molecular weight is 478 g/mol. The zero-order valence-electron chi connectivity index (χ0n) is 16.9. The fraction of sp³-hybridized carbons (Fsp3) is 0.238. The number of carboxylic acid groups (broad SMARTS) is 1. The molecule has 2 aromatic carbocycles. The van der Waals surface area contributed by atoms with Gasteiger partial charge in [-0.1, -0.05) is 0 Å². The van der Waals surface area contributed by atoms with Crippen LogP contribution in [0.2, 0.25) is 0 Å². The molecule has 1 saturated heterocycles. The van der Waals surface area contributed by atoms with Gasteiger partial charge in [-0.3, -0.25) is 4.79 Å². The van der Waals surface area contributed by atoms with Gasteiger partial charge in [0.1, 0.15) is 52.3 Å². The third-order valence-corrected chi connectivity index (χ3v) is 5.19. The molecule has 0 radical (unpaired) electrons. The molecule has 13 heteroatoms. The summed E-state index contributed by atoms with van der Waals surface area (Å²) in [7, 11) is 0. The zero-order valence-corrected chi connectivity index (χ0v) is 16.9. The maximum atomic E-state index is 12.4. The average Bonchev–Trinajstić information content (AvgIpc) is 2.75. The van der Waals surface area contributed by atoms with E-state index in [0.29, 0.717) is 0 Å². The van der Waals surface area contributed by atoms with Gasteiger partial charge in [0.15, 0.2) is 23.0 Å². The number of benzene rings is 2. The number of hydrogen-bond donors (Lipinski definition) is 8. The Hall–Kier alpha value is -4.04. The molecule has 5 atom stereocenters. The van der Waals surface area contributed by atoms with Gasteiger partial charge in [0, 0.05) is 24.3 Å². The lowest BCUT2D eigenvalue weighted by Crippen LogP contribution is -2.61. The molecule has 13 nitrogen and oxygen atoms in total. The first kappa shape index (κ1) is 23.1. The topological polar surface area (TPSA) is 228 Å². The van der Waals surface area contributed by atoms with E-state index in [1.807, 2.05) is 0 Å². The number of phenolic OH excluding ortho intramolecular Hbond substituents is 4. The van der Waals surface area contributed by atoms with Crippen molar-refractivity contribution < 1.29 is 59.5 Å². The van der Waals surface area contributed by atoms with Gasteiger partial charge in [-0.2, -0.15) is 0 Å². The fourth-order valence-corrected chi connectivity index (χ4v) is 3.51. The smallest absolute Gasteiger partial charge is 0.335 e. The third-order valence-electron chi connectivity index (χ3n) is 5.19. The summed E-state index contributed by atoms with van der Waals surface area (Å²) in [6.45, 7) is 0. The number of aliphatic hydroxyl groups is 3. The Morgan fingerprint density at radius 2 is 1.56 bits per heavy atom. The van der Waals surface area contributed by atoms with Crippen molar-refractivity contribution in [2.24, 2.45) is 0 Å². The van der Waals surface area contributed by atoms with E-state index in [2.05, 4.69) is 0 Å². The number of fused-ring (bicyclic) bond motifs is 1. The predicted molar refractivity (Wildman–Crippen MR) is 110 cm³/mol. The predicted octanol–water partition coefficient (Wildman–Crippen LogP) is -0.447. The molecule has 180 valence electrons. The van der Waals surface area contributed by atoms with E-state index in [9.17, 15) is 45.3 Å². The molecule has 0 amide bonds. The Morgan fingerprint density at radius 3 is 2.24 bits per heavy atom. The molecule has 0 aliphatic carbocycles. The number of carbonyl (C=O) groups is 1. The van der Waals surface area contributed by atoms with Crippen molar-refractivity contribution in [1.29, 1.82) is 0 Å². The second kappa shape index (κ2) is 8.39. The Morgan fingerprint density at radius 1 is 0.853 bits per heavy atom. The van der Waals surface area contributed by atoms with Crippen molar-refractivity contribution in [3.05, 3.63) is 40.6 Å². The number of phenols is 4. The summed E-state index contributed by atoms with van der Waals surface area (Å²) in [4.78, 5) is 23.6. The van der Waals surface area contributed by atoms with Crippen LogP contribution in [-0.4, -0.2) is 77.5 Å². The molecule has 1 aromatic heterocycles. The first-order valence-corrected chi connectivity index (χ1v) is 9.63. The van der Waals surface area contributed by atoms with Gasteiger partial charge in [-0.15, -0.1) is 0 Å². The molecule has 1 aliphatic heterocycles. The van der Waals surface area contributed by atoms with Gasteiger partial charge in [0.05, 0.1) is 5.56 Å². The number of aliphatic hydroxyl groups excluding tert-OH is 3. The van der Waals surface area contributed by atoms with Crippen LogP contribution in [0.3, 0.4) is 0 Å². The monoisotopic (exact) mass is 478 g/mol. The molecule has 0 saturated carbocycles. The molecule has 2 heterocycles. The van der Waals surface area contributed by atoms with Crippen molar-refractivity contribution in [2.75, 3.05) is 0 Å². The second-order valence-corrected chi connectivity index (χ2v) is 7.50. The van der Waals surface area contributed by atoms with Crippen molar-refractivity contribution >= 4 is 16.9 Å². The molecule has 1 aliphatic rings. The lowest BCUT2D eigenvalue weighted by Gasteiger charge is -2.38. The number of aromatic hydroxyl groups is 4. The van der Waals surface area contributed by atoms with Crippen LogP contribution in [0, 0.1) is 0 Å². The highest BCUT2D eigenvalue weighted by Gasteiger charge is 2.48. The number of hydrogen-bond acceptors (Lipinski definition) is 12. The van der Waals surface area contributed by atoms with Crippen molar-refractivity contribution in [3.8, 4) is 40.1 Å². The SMILES string of the molecule is O=C(O)[C@H]1O[C@@H](Oc2cc(O)c(-c3cc(=O)c4c(O)cc(O)cc4o3)cc2O)[C@H](O)[C@@H](O)[C@@H]1O. The zero-order chi connectivity index (χ0) is 24.9. The highest BCUT2D eigenvalue weighted by atomic mass is 16.7. The Labute approximate surface area is 188 Å². The summed E-state index contributed by atoms with van der Waals surface area (Å²) in [5.41, 5.74) is -1.11. The van der Waals surface area contributed by atoms with Crippen LogP contribution >= 0.6 is 0 Å². The van der Waals surface area contributed by atoms with Crippen molar-refractivity contribution in [2.45, 2.75) is 30.7 Å². The van der Waals surface area contributed by atoms with Crippen molar-refractivity contribution in [1.82, 2.24) is 0 Å². The van der Waals surface area contributed by atoms with Crippen LogP contribution in [0.5, 0.6) is 28.7 Å². The molecule has 34 heavy (non-hydrogen) atoms. The van der Waals surface area contributed by atoms with Gasteiger partial charge < -0.3 is 54.7 Å². The highest BCUT2D eigenvalue weighted by Crippen LogP contribution is 2.41. The molecule has 1 fully saturated rings. The van der Waals surface area contributed by atoms with Gasteiger partial charge in [0.25, 0.3) is 0 Å². The molecule has 0 spiro atoms. The third kappa shape index (κ3) is 3.92. The Kier molecular flexibility index (Phi) is 5.70. The largest absolute Gasteiger partial charge is 0.508 e. The van der Waals surface area contributed by atoms with Crippen LogP contribution in [0.1, 0.15) is 0 Å². The normalized spacial score (nSPS) is 24.7. The first-order valence-electron chi connectivity index (χ1n) is 9.63. The second-order valence-electron chi connectivity index (χ2n) is 7.50. The summed E-state index contributed by atoms with van der Waals surface area (Å²) < 4.78 is 15.7. The molecule has 3 aromatic rings. The van der Waals surface area contributed by atoms with Gasteiger partial charge in [0.2, 0.25) is 6.29 Å². The van der Waals surface area contributed by atoms with E-state index in [0.717, 1.165) is 30.3 Å². The van der Waals surface area contributed by atoms with E-state index in [1.165, 1.54) is 0 Å². The van der Waals surface area contributed by atoms with Crippen LogP contribution in [0.4, 0.5) is 0 Å². The van der Waals surface area contributed by atoms with E-state index >= 15 is 0 Å². The number of rotatable bonds is 4. The summed E-state index contributed by atoms with van der Waals surface area (Å²) >= 11 is 0.